The number of anilines is 3. The van der Waals surface area contributed by atoms with Crippen LogP contribution in [-0.4, -0.2) is 55.5 Å². The third-order valence-corrected chi connectivity index (χ3v) is 6.32. The molecule has 0 atom stereocenters. The molecule has 0 unspecified atom stereocenters. The second-order valence-electron chi connectivity index (χ2n) is 10.2. The van der Waals surface area contributed by atoms with Gasteiger partial charge in [0.05, 0.1) is 0 Å². The van der Waals surface area contributed by atoms with Crippen molar-refractivity contribution in [2.45, 2.75) is 58.6 Å². The van der Waals surface area contributed by atoms with Gasteiger partial charge in [0.25, 0.3) is 0 Å². The van der Waals surface area contributed by atoms with Crippen LogP contribution in [0.5, 0.6) is 5.75 Å². The molecule has 3 aromatic rings. The van der Waals surface area contributed by atoms with Gasteiger partial charge in [0, 0.05) is 6.42 Å². The van der Waals surface area contributed by atoms with Crippen LogP contribution in [0.3, 0.4) is 0 Å². The molecule has 1 aliphatic rings. The Hall–Kier alpha value is -3.93. The first kappa shape index (κ1) is 29.1. The average Bonchev–Trinajstić information content (AvgIpc) is 3.66. The maximum absolute atomic E-state index is 12.4. The van der Waals surface area contributed by atoms with E-state index in [4.69, 9.17) is 13.0 Å². The van der Waals surface area contributed by atoms with E-state index in [1.807, 2.05) is 26.8 Å². The summed E-state index contributed by atoms with van der Waals surface area (Å²) in [7, 11) is 1.51. The van der Waals surface area contributed by atoms with Crippen molar-refractivity contribution in [1.82, 2.24) is 25.0 Å². The molecule has 2 N–H and O–H groups in total. The Balaban J connectivity index is 1.53. The van der Waals surface area contributed by atoms with E-state index in [0.29, 0.717) is 35.8 Å². The number of rotatable bonds is 11. The van der Waals surface area contributed by atoms with Gasteiger partial charge >= 0.3 is 193 Å². The minimum absolute atomic E-state index is 0.0229. The molecule has 1 saturated carbocycles. The summed E-state index contributed by atoms with van der Waals surface area (Å²) in [6.45, 7) is 5.98. The molecule has 0 bridgehead atoms. The number of aryl methyl sites for hydroxylation is 1. The third kappa shape index (κ3) is 7.59. The van der Waals surface area contributed by atoms with E-state index in [2.05, 4.69) is 30.9 Å². The molecular weight excluding hydrogens is 572 g/mol. The summed E-state index contributed by atoms with van der Waals surface area (Å²) in [5, 5.41) is 18.4. The molecule has 4 rings (SSSR count). The Morgan fingerprint density at radius 1 is 1.15 bits per heavy atom. The SMILES string of the molecule is COc1c(Nc2cc(NC(=O)C3CC3)nnc2C(=O)[O][Zn])cccc1-c1ncn(CCCC(=O)OC(C)(C)C)n1. The van der Waals surface area contributed by atoms with Crippen LogP contribution in [0.2, 0.25) is 0 Å². The number of hydrogen-bond acceptors (Lipinski definition) is 11. The first-order valence-corrected chi connectivity index (χ1v) is 14.0. The fraction of sp³-hybridized carbons (Fsp3) is 0.423. The molecule has 1 amide bonds. The molecule has 2 aromatic heterocycles. The number of nitrogens with one attached hydrogen (secondary N) is 2. The van der Waals surface area contributed by atoms with Crippen LogP contribution in [0.15, 0.2) is 30.6 Å². The number of para-hydroxylation sites is 1. The molecule has 0 spiro atoms. The first-order valence-electron chi connectivity index (χ1n) is 12.8. The van der Waals surface area contributed by atoms with Crippen LogP contribution in [0, 0.1) is 5.92 Å². The normalized spacial score (nSPS) is 12.9. The van der Waals surface area contributed by atoms with Crippen LogP contribution in [0.1, 0.15) is 56.9 Å². The molecule has 207 valence electrons. The summed E-state index contributed by atoms with van der Waals surface area (Å²) in [6, 6.07) is 6.89. The predicted octanol–water partition coefficient (Wildman–Crippen LogP) is 3.58. The van der Waals surface area contributed by atoms with Gasteiger partial charge in [-0.25, -0.2) is 0 Å². The van der Waals surface area contributed by atoms with E-state index in [-0.39, 0.29) is 60.1 Å². The molecule has 1 fully saturated rings. The van der Waals surface area contributed by atoms with E-state index >= 15 is 0 Å². The third-order valence-electron chi connectivity index (χ3n) is 5.77. The predicted molar refractivity (Wildman–Crippen MR) is 139 cm³/mol. The number of ether oxygens (including phenoxy) is 2. The van der Waals surface area contributed by atoms with Crippen molar-refractivity contribution in [2.75, 3.05) is 17.7 Å². The van der Waals surface area contributed by atoms with Crippen molar-refractivity contribution in [1.29, 1.82) is 0 Å². The van der Waals surface area contributed by atoms with Gasteiger partial charge in [0.15, 0.2) is 0 Å². The molecule has 14 heteroatoms. The van der Waals surface area contributed by atoms with Crippen LogP contribution in [0.25, 0.3) is 11.4 Å². The topological polar surface area (TPSA) is 159 Å². The Morgan fingerprint density at radius 2 is 1.93 bits per heavy atom. The Kier molecular flexibility index (Phi) is 9.08. The molecule has 2 heterocycles. The van der Waals surface area contributed by atoms with E-state index < -0.39 is 11.6 Å². The van der Waals surface area contributed by atoms with E-state index in [1.54, 1.807) is 23.1 Å². The molecule has 13 nitrogen and oxygen atoms in total. The van der Waals surface area contributed by atoms with Gasteiger partial charge in [-0.1, -0.05) is 0 Å². The fourth-order valence-electron chi connectivity index (χ4n) is 3.82. The van der Waals surface area contributed by atoms with E-state index in [9.17, 15) is 14.4 Å². The van der Waals surface area contributed by atoms with E-state index in [0.717, 1.165) is 12.8 Å². The number of carbonyl (C=O) groups excluding carboxylic acids is 3. The van der Waals surface area contributed by atoms with Crippen LogP contribution >= 0.6 is 0 Å². The number of methoxy groups -OCH3 is 1. The van der Waals surface area contributed by atoms with Gasteiger partial charge in [-0.05, 0) is 27.2 Å². The van der Waals surface area contributed by atoms with Gasteiger partial charge in [-0.2, -0.15) is 0 Å². The van der Waals surface area contributed by atoms with Crippen molar-refractivity contribution >= 4 is 35.0 Å². The van der Waals surface area contributed by atoms with Crippen LogP contribution < -0.4 is 15.4 Å². The van der Waals surface area contributed by atoms with Gasteiger partial charge < -0.3 is 4.74 Å². The molecule has 40 heavy (non-hydrogen) atoms. The molecule has 1 aromatic carbocycles. The summed E-state index contributed by atoms with van der Waals surface area (Å²) in [5.41, 5.74) is 0.847. The number of hydrogen-bond donors (Lipinski definition) is 2. The molecule has 0 aliphatic heterocycles. The summed E-state index contributed by atoms with van der Waals surface area (Å²) in [4.78, 5) is 41.1. The van der Waals surface area contributed by atoms with Gasteiger partial charge in [-0.3, -0.25) is 4.79 Å². The zero-order valence-corrected chi connectivity index (χ0v) is 25.9. The summed E-state index contributed by atoms with van der Waals surface area (Å²) in [5.74, 6) is 0.000128. The van der Waals surface area contributed by atoms with Gasteiger partial charge in [0.1, 0.15) is 5.60 Å². The Bertz CT molecular complexity index is 1400. The van der Waals surface area contributed by atoms with Gasteiger partial charge in [0.2, 0.25) is 0 Å². The van der Waals surface area contributed by atoms with Crippen molar-refractivity contribution in [3.05, 3.63) is 36.3 Å². The Labute approximate surface area is 241 Å². The number of aromatic nitrogens is 5. The number of benzene rings is 1. The van der Waals surface area contributed by atoms with Crippen molar-refractivity contribution in [3.8, 4) is 17.1 Å². The summed E-state index contributed by atoms with van der Waals surface area (Å²) >= 11 is 0.283. The zero-order valence-electron chi connectivity index (χ0n) is 22.9. The molecule has 1 aliphatic carbocycles. The number of nitrogens with zero attached hydrogens (tertiary/aromatic N) is 5. The maximum atomic E-state index is 12.4. The molecule has 0 radical (unpaired) electrons. The zero-order chi connectivity index (χ0) is 28.9. The van der Waals surface area contributed by atoms with E-state index in [1.165, 1.54) is 13.2 Å². The Morgan fingerprint density at radius 3 is 2.60 bits per heavy atom. The second kappa shape index (κ2) is 12.5. The number of amides is 1. The average molecular weight is 602 g/mol. The minimum atomic E-state index is -0.642. The fourth-order valence-corrected chi connectivity index (χ4v) is 4.11. The molecule has 0 saturated heterocycles. The summed E-state index contributed by atoms with van der Waals surface area (Å²) < 4.78 is 17.7. The molecular formula is C26H30N7O6Zn. The monoisotopic (exact) mass is 600 g/mol. The van der Waals surface area contributed by atoms with Crippen molar-refractivity contribution < 1.29 is 46.1 Å². The van der Waals surface area contributed by atoms with Crippen LogP contribution in [0.4, 0.5) is 17.2 Å². The first-order chi connectivity index (χ1) is 19.1. The number of esters is 1. The standard InChI is InChI=1S/C26H31N7O6.Zn/c1-26(2,3)39-20(34)9-6-12-33-14-27-23(32-33)16-7-5-8-17(22(16)38-4)28-18-13-19(29-24(35)15-10-11-15)30-31-21(18)25(36)37;/h5,7-8,13-15H,6,9-12H2,1-4H3,(H,36,37)(H2,28,29,30,35);/q;+1/p-1. The van der Waals surface area contributed by atoms with Crippen LogP contribution in [-0.2, 0) is 43.1 Å². The second-order valence-corrected chi connectivity index (χ2v) is 10.8. The quantitative estimate of drug-likeness (QED) is 0.244. The summed E-state index contributed by atoms with van der Waals surface area (Å²) in [6.07, 6.45) is 4.08. The van der Waals surface area contributed by atoms with Gasteiger partial charge in [-0.15, -0.1) is 0 Å². The number of carbonyl (C=O) groups is 3. The van der Waals surface area contributed by atoms with Crippen molar-refractivity contribution in [2.24, 2.45) is 5.92 Å². The van der Waals surface area contributed by atoms with Crippen molar-refractivity contribution in [3.63, 3.8) is 0 Å².